The van der Waals surface area contributed by atoms with E-state index in [1.165, 1.54) is 0 Å². The first kappa shape index (κ1) is 24.1. The molecule has 2 aromatic rings. The van der Waals surface area contributed by atoms with Crippen LogP contribution in [0.4, 0.5) is 22.4 Å². The zero-order valence-electron chi connectivity index (χ0n) is 17.2. The van der Waals surface area contributed by atoms with Crippen LogP contribution in [0.2, 0.25) is 0 Å². The van der Waals surface area contributed by atoms with Gasteiger partial charge in [0.2, 0.25) is 0 Å². The van der Waals surface area contributed by atoms with E-state index in [9.17, 15) is 27.2 Å². The van der Waals surface area contributed by atoms with Crippen LogP contribution in [0, 0.1) is 11.7 Å². The number of ether oxygens (including phenoxy) is 1. The maximum Gasteiger partial charge on any atom is 0.435 e. The second kappa shape index (κ2) is 10.2. The molecule has 0 bridgehead atoms. The zero-order valence-corrected chi connectivity index (χ0v) is 17.2. The quantitative estimate of drug-likeness (QED) is 0.608. The highest BCUT2D eigenvalue weighted by Gasteiger charge is 2.42. The van der Waals surface area contributed by atoms with Crippen molar-refractivity contribution in [2.45, 2.75) is 39.4 Å². The van der Waals surface area contributed by atoms with E-state index >= 15 is 0 Å². The van der Waals surface area contributed by atoms with Crippen LogP contribution < -0.4 is 10.6 Å². The molecule has 0 saturated carbocycles. The maximum atomic E-state index is 13.7. The number of amides is 2. The number of aromatic nitrogens is 3. The Hall–Kier alpha value is -3.18. The molecule has 0 aliphatic carbocycles. The molecule has 0 aliphatic rings. The van der Waals surface area contributed by atoms with E-state index < -0.39 is 41.4 Å². The van der Waals surface area contributed by atoms with Gasteiger partial charge in [-0.3, -0.25) is 4.79 Å². The molecule has 1 aromatic carbocycles. The predicted octanol–water partition coefficient (Wildman–Crippen LogP) is 3.32. The fourth-order valence-corrected chi connectivity index (χ4v) is 2.85. The smallest absolute Gasteiger partial charge is 0.435 e. The highest BCUT2D eigenvalue weighted by molar-refractivity contribution is 5.93. The Kier molecular flexibility index (Phi) is 7.95. The molecule has 1 atom stereocenters. The summed E-state index contributed by atoms with van der Waals surface area (Å²) in [6.07, 6.45) is -5.20. The summed E-state index contributed by atoms with van der Waals surface area (Å²) in [7, 11) is 0. The van der Waals surface area contributed by atoms with Gasteiger partial charge >= 0.3 is 12.3 Å². The van der Waals surface area contributed by atoms with Gasteiger partial charge in [0.1, 0.15) is 5.82 Å². The maximum absolute atomic E-state index is 13.7. The van der Waals surface area contributed by atoms with Crippen molar-refractivity contribution in [3.8, 4) is 5.69 Å². The van der Waals surface area contributed by atoms with Gasteiger partial charge in [-0.15, -0.1) is 5.10 Å². The van der Waals surface area contributed by atoms with Gasteiger partial charge < -0.3 is 15.4 Å². The summed E-state index contributed by atoms with van der Waals surface area (Å²) in [6.45, 7) is 5.40. The third kappa shape index (κ3) is 6.66. The molecule has 0 saturated heterocycles. The van der Waals surface area contributed by atoms with Crippen molar-refractivity contribution in [2.75, 3.05) is 13.2 Å². The third-order valence-electron chi connectivity index (χ3n) is 4.09. The van der Waals surface area contributed by atoms with Crippen LogP contribution in [0.5, 0.6) is 0 Å². The summed E-state index contributed by atoms with van der Waals surface area (Å²) >= 11 is 0. The number of carbonyl (C=O) groups excluding carboxylic acids is 2. The van der Waals surface area contributed by atoms with Crippen molar-refractivity contribution in [1.82, 2.24) is 25.6 Å². The first-order chi connectivity index (χ1) is 14.5. The Morgan fingerprint density at radius 3 is 2.39 bits per heavy atom. The van der Waals surface area contributed by atoms with E-state index in [-0.39, 0.29) is 24.8 Å². The lowest BCUT2D eigenvalue weighted by Crippen LogP contribution is -2.45. The summed E-state index contributed by atoms with van der Waals surface area (Å²) in [4.78, 5) is 24.2. The predicted molar refractivity (Wildman–Crippen MR) is 102 cm³/mol. The number of hydrogen-bond donors (Lipinski definition) is 2. The highest BCUT2D eigenvalue weighted by Crippen LogP contribution is 2.32. The largest absolute Gasteiger partial charge is 0.450 e. The standard InChI is InChI=1S/C19H23F4N5O3/c1-4-31-18(30)25-13(9-11(2)3)10-24-17(29)15-16(19(21,22)23)28(27-26-15)14-7-5-12(20)6-8-14/h5-8,11,13H,4,9-10H2,1-3H3,(H,24,29)(H,25,30). The summed E-state index contributed by atoms with van der Waals surface area (Å²) in [5.74, 6) is -1.62. The first-order valence-corrected chi connectivity index (χ1v) is 9.53. The number of benzene rings is 1. The SMILES string of the molecule is CCOC(=O)NC(CNC(=O)c1nnn(-c2ccc(F)cc2)c1C(F)(F)F)CC(C)C. The van der Waals surface area contributed by atoms with Gasteiger partial charge in [0.05, 0.1) is 12.3 Å². The van der Waals surface area contributed by atoms with Crippen molar-refractivity contribution in [3.05, 3.63) is 41.5 Å². The number of hydrogen-bond acceptors (Lipinski definition) is 5. The van der Waals surface area contributed by atoms with Gasteiger partial charge in [-0.2, -0.15) is 13.2 Å². The number of carbonyl (C=O) groups is 2. The van der Waals surface area contributed by atoms with Gasteiger partial charge in [0, 0.05) is 12.6 Å². The van der Waals surface area contributed by atoms with Crippen molar-refractivity contribution in [2.24, 2.45) is 5.92 Å². The zero-order chi connectivity index (χ0) is 23.2. The van der Waals surface area contributed by atoms with E-state index in [2.05, 4.69) is 20.9 Å². The number of alkyl halides is 3. The molecule has 0 spiro atoms. The van der Waals surface area contributed by atoms with Crippen LogP contribution in [0.3, 0.4) is 0 Å². The fraction of sp³-hybridized carbons (Fsp3) is 0.474. The molecule has 2 amide bonds. The molecular weight excluding hydrogens is 422 g/mol. The molecule has 0 radical (unpaired) electrons. The normalized spacial score (nSPS) is 12.5. The van der Waals surface area contributed by atoms with E-state index in [0.717, 1.165) is 24.3 Å². The average Bonchev–Trinajstić information content (AvgIpc) is 3.12. The summed E-state index contributed by atoms with van der Waals surface area (Å²) < 4.78 is 59.3. The molecule has 1 aromatic heterocycles. The van der Waals surface area contributed by atoms with Crippen molar-refractivity contribution in [1.29, 1.82) is 0 Å². The van der Waals surface area contributed by atoms with Crippen LogP contribution >= 0.6 is 0 Å². The molecule has 0 aliphatic heterocycles. The van der Waals surface area contributed by atoms with E-state index in [4.69, 9.17) is 4.74 Å². The molecule has 8 nitrogen and oxygen atoms in total. The molecule has 1 heterocycles. The van der Waals surface area contributed by atoms with Crippen molar-refractivity contribution >= 4 is 12.0 Å². The second-order valence-electron chi connectivity index (χ2n) is 7.07. The highest BCUT2D eigenvalue weighted by atomic mass is 19.4. The topological polar surface area (TPSA) is 98.1 Å². The Morgan fingerprint density at radius 2 is 1.84 bits per heavy atom. The Labute approximate surface area is 175 Å². The minimum atomic E-state index is -4.95. The molecule has 2 rings (SSSR count). The Morgan fingerprint density at radius 1 is 1.19 bits per heavy atom. The lowest BCUT2D eigenvalue weighted by Gasteiger charge is -2.20. The molecule has 31 heavy (non-hydrogen) atoms. The van der Waals surface area contributed by atoms with E-state index in [1.807, 2.05) is 13.8 Å². The van der Waals surface area contributed by atoms with Gasteiger partial charge in [-0.25, -0.2) is 13.9 Å². The van der Waals surface area contributed by atoms with Gasteiger partial charge in [-0.05, 0) is 43.5 Å². The number of alkyl carbamates (subject to hydrolysis) is 1. The lowest BCUT2D eigenvalue weighted by atomic mass is 10.0. The van der Waals surface area contributed by atoms with E-state index in [1.54, 1.807) is 6.92 Å². The van der Waals surface area contributed by atoms with Crippen LogP contribution in [0.25, 0.3) is 5.69 Å². The molecular formula is C19H23F4N5O3. The second-order valence-corrected chi connectivity index (χ2v) is 7.07. The molecule has 2 N–H and O–H groups in total. The summed E-state index contributed by atoms with van der Waals surface area (Å²) in [5, 5.41) is 11.7. The van der Waals surface area contributed by atoms with Crippen LogP contribution in [-0.4, -0.2) is 46.2 Å². The Bertz CT molecular complexity index is 897. The number of rotatable bonds is 8. The minimum absolute atomic E-state index is 0.109. The van der Waals surface area contributed by atoms with Crippen molar-refractivity contribution in [3.63, 3.8) is 0 Å². The van der Waals surface area contributed by atoms with E-state index in [0.29, 0.717) is 11.1 Å². The monoisotopic (exact) mass is 445 g/mol. The molecule has 0 fully saturated rings. The van der Waals surface area contributed by atoms with Crippen molar-refractivity contribution < 1.29 is 31.9 Å². The summed E-state index contributed by atoms with van der Waals surface area (Å²) in [5.41, 5.74) is -2.44. The van der Waals surface area contributed by atoms with Crippen LogP contribution in [0.1, 0.15) is 43.4 Å². The molecule has 12 heteroatoms. The number of nitrogens with zero attached hydrogens (tertiary/aromatic N) is 3. The minimum Gasteiger partial charge on any atom is -0.450 e. The Balaban J connectivity index is 2.23. The number of halogens is 4. The summed E-state index contributed by atoms with van der Waals surface area (Å²) in [6, 6.07) is 3.54. The van der Waals surface area contributed by atoms with Crippen LogP contribution in [-0.2, 0) is 10.9 Å². The third-order valence-corrected chi connectivity index (χ3v) is 4.09. The number of nitrogens with one attached hydrogen (secondary N) is 2. The van der Waals surface area contributed by atoms with Crippen LogP contribution in [0.15, 0.2) is 24.3 Å². The lowest BCUT2D eigenvalue weighted by molar-refractivity contribution is -0.143. The fourth-order valence-electron chi connectivity index (χ4n) is 2.85. The first-order valence-electron chi connectivity index (χ1n) is 9.53. The van der Waals surface area contributed by atoms with Gasteiger partial charge in [0.25, 0.3) is 5.91 Å². The molecule has 1 unspecified atom stereocenters. The van der Waals surface area contributed by atoms with Gasteiger partial charge in [-0.1, -0.05) is 19.1 Å². The average molecular weight is 445 g/mol. The van der Waals surface area contributed by atoms with Gasteiger partial charge in [0.15, 0.2) is 11.4 Å². The molecule has 170 valence electrons.